The summed E-state index contributed by atoms with van der Waals surface area (Å²) >= 11 is 0. The Morgan fingerprint density at radius 3 is 3.13 bits per heavy atom. The largest absolute Gasteiger partial charge is 0.465 e. The molecule has 0 aromatic carbocycles. The molecule has 23 heavy (non-hydrogen) atoms. The van der Waals surface area contributed by atoms with Gasteiger partial charge < -0.3 is 18.9 Å². The summed E-state index contributed by atoms with van der Waals surface area (Å²) in [5.41, 5.74) is 0. The number of hydrogen-bond donors (Lipinski definition) is 1. The van der Waals surface area contributed by atoms with Gasteiger partial charge in [0.1, 0.15) is 17.7 Å². The first-order valence-electron chi connectivity index (χ1n) is 7.52. The molecular formula is C14H19N5O4. The van der Waals surface area contributed by atoms with Crippen LogP contribution in [-0.4, -0.2) is 57.4 Å². The lowest BCUT2D eigenvalue weighted by Crippen LogP contribution is -2.44. The molecule has 3 heterocycles. The molecule has 9 nitrogen and oxygen atoms in total. The zero-order chi connectivity index (χ0) is 16.2. The van der Waals surface area contributed by atoms with Crippen LogP contribution in [0, 0.1) is 6.92 Å². The van der Waals surface area contributed by atoms with Crippen molar-refractivity contribution in [2.24, 2.45) is 0 Å². The predicted molar refractivity (Wildman–Crippen MR) is 77.8 cm³/mol. The van der Waals surface area contributed by atoms with Crippen LogP contribution in [0.2, 0.25) is 0 Å². The van der Waals surface area contributed by atoms with Crippen LogP contribution in [0.5, 0.6) is 5.88 Å². The summed E-state index contributed by atoms with van der Waals surface area (Å²) in [6.07, 6.45) is 0.450. The van der Waals surface area contributed by atoms with E-state index in [0.717, 1.165) is 12.2 Å². The van der Waals surface area contributed by atoms with Crippen LogP contribution in [0.15, 0.2) is 10.6 Å². The quantitative estimate of drug-likeness (QED) is 0.861. The van der Waals surface area contributed by atoms with Crippen LogP contribution >= 0.6 is 0 Å². The Hall–Kier alpha value is -2.42. The highest BCUT2D eigenvalue weighted by Crippen LogP contribution is 2.19. The molecule has 0 bridgehead atoms. The summed E-state index contributed by atoms with van der Waals surface area (Å²) in [7, 11) is 0. The lowest BCUT2D eigenvalue weighted by Gasteiger charge is -2.31. The van der Waals surface area contributed by atoms with Crippen molar-refractivity contribution in [2.75, 3.05) is 26.3 Å². The second kappa shape index (κ2) is 6.78. The number of carbonyl (C=O) groups excluding carboxylic acids is 1. The van der Waals surface area contributed by atoms with Crippen molar-refractivity contribution in [3.8, 4) is 5.88 Å². The second-order valence-corrected chi connectivity index (χ2v) is 5.26. The molecule has 1 amide bonds. The van der Waals surface area contributed by atoms with Gasteiger partial charge in [0.05, 0.1) is 13.2 Å². The molecule has 1 atom stereocenters. The number of rotatable bonds is 5. The molecule has 1 aliphatic heterocycles. The molecule has 124 valence electrons. The molecule has 0 aliphatic carbocycles. The van der Waals surface area contributed by atoms with Gasteiger partial charge in [-0.25, -0.2) is 4.98 Å². The molecule has 0 radical (unpaired) electrons. The number of nitrogens with one attached hydrogen (secondary N) is 1. The Labute approximate surface area is 132 Å². The monoisotopic (exact) mass is 321 g/mol. The lowest BCUT2D eigenvalue weighted by molar-refractivity contribution is -0.141. The fraction of sp³-hybridized carbons (Fsp3) is 0.571. The van der Waals surface area contributed by atoms with Crippen LogP contribution in [-0.2, 0) is 16.0 Å². The maximum atomic E-state index is 12.3. The Morgan fingerprint density at radius 2 is 2.43 bits per heavy atom. The van der Waals surface area contributed by atoms with E-state index in [0.29, 0.717) is 37.2 Å². The Bertz CT molecular complexity index is 668. The minimum atomic E-state index is -0.321. The van der Waals surface area contributed by atoms with Crippen LogP contribution in [0.1, 0.15) is 30.4 Å². The first-order valence-corrected chi connectivity index (χ1v) is 7.52. The molecule has 2 aromatic rings. The van der Waals surface area contributed by atoms with Crippen molar-refractivity contribution in [1.82, 2.24) is 25.2 Å². The second-order valence-electron chi connectivity index (χ2n) is 5.26. The van der Waals surface area contributed by atoms with E-state index in [-0.39, 0.29) is 18.6 Å². The molecule has 1 fully saturated rings. The van der Waals surface area contributed by atoms with Gasteiger partial charge in [-0.1, -0.05) is 6.92 Å². The summed E-state index contributed by atoms with van der Waals surface area (Å²) in [5.74, 6) is 2.19. The highest BCUT2D eigenvalue weighted by atomic mass is 16.5. The van der Waals surface area contributed by atoms with Crippen molar-refractivity contribution in [3.05, 3.63) is 23.5 Å². The summed E-state index contributed by atoms with van der Waals surface area (Å²) in [5, 5.41) is 10.7. The topological polar surface area (TPSA) is 106 Å². The van der Waals surface area contributed by atoms with Gasteiger partial charge in [0, 0.05) is 19.0 Å². The highest BCUT2D eigenvalue weighted by Gasteiger charge is 2.28. The molecule has 3 rings (SSSR count). The SMILES string of the molecule is CCc1nc(C2CN(C(=O)COc3cc(C)on3)CCO2)n[nH]1. The average Bonchev–Trinajstić information content (AvgIpc) is 3.21. The Balaban J connectivity index is 1.55. The molecule has 0 saturated carbocycles. The highest BCUT2D eigenvalue weighted by molar-refractivity contribution is 5.77. The fourth-order valence-corrected chi connectivity index (χ4v) is 2.28. The minimum absolute atomic E-state index is 0.0904. The van der Waals surface area contributed by atoms with E-state index in [4.69, 9.17) is 14.0 Å². The van der Waals surface area contributed by atoms with E-state index in [2.05, 4.69) is 20.3 Å². The maximum absolute atomic E-state index is 12.3. The van der Waals surface area contributed by atoms with Gasteiger partial charge in [0.15, 0.2) is 12.4 Å². The van der Waals surface area contributed by atoms with Gasteiger partial charge in [0.25, 0.3) is 11.8 Å². The maximum Gasteiger partial charge on any atom is 0.260 e. The van der Waals surface area contributed by atoms with E-state index in [1.807, 2.05) is 6.92 Å². The first kappa shape index (κ1) is 15.5. The molecule has 9 heteroatoms. The van der Waals surface area contributed by atoms with Crippen LogP contribution < -0.4 is 4.74 Å². The Kier molecular flexibility index (Phi) is 4.56. The number of nitrogens with zero attached hydrogens (tertiary/aromatic N) is 4. The number of ether oxygens (including phenoxy) is 2. The van der Waals surface area contributed by atoms with E-state index in [1.54, 1.807) is 17.9 Å². The third-order valence-corrected chi connectivity index (χ3v) is 3.54. The molecule has 0 spiro atoms. The third-order valence-electron chi connectivity index (χ3n) is 3.54. The molecule has 1 N–H and O–H groups in total. The number of aryl methyl sites for hydroxylation is 2. The van der Waals surface area contributed by atoms with Crippen LogP contribution in [0.3, 0.4) is 0 Å². The molecule has 1 unspecified atom stereocenters. The molecular weight excluding hydrogens is 302 g/mol. The van der Waals surface area contributed by atoms with E-state index in [1.165, 1.54) is 0 Å². The molecule has 2 aromatic heterocycles. The number of aromatic nitrogens is 4. The standard InChI is InChI=1S/C14H19N5O4/c1-3-11-15-14(17-16-11)10-7-19(4-5-21-10)13(20)8-22-12-6-9(2)23-18-12/h6,10H,3-5,7-8H2,1-2H3,(H,15,16,17). The van der Waals surface area contributed by atoms with Gasteiger partial charge in [-0.15, -0.1) is 0 Å². The number of H-pyrrole nitrogens is 1. The Morgan fingerprint density at radius 1 is 1.57 bits per heavy atom. The van der Waals surface area contributed by atoms with Gasteiger partial charge in [-0.3, -0.25) is 9.89 Å². The zero-order valence-electron chi connectivity index (χ0n) is 13.1. The predicted octanol–water partition coefficient (Wildman–Crippen LogP) is 0.642. The van der Waals surface area contributed by atoms with E-state index in [9.17, 15) is 4.79 Å². The number of amides is 1. The van der Waals surface area contributed by atoms with Gasteiger partial charge >= 0.3 is 0 Å². The van der Waals surface area contributed by atoms with Crippen molar-refractivity contribution >= 4 is 5.91 Å². The van der Waals surface area contributed by atoms with Crippen molar-refractivity contribution in [1.29, 1.82) is 0 Å². The van der Waals surface area contributed by atoms with Gasteiger partial charge in [0.2, 0.25) is 0 Å². The summed E-state index contributed by atoms with van der Waals surface area (Å²) in [6, 6.07) is 1.63. The van der Waals surface area contributed by atoms with Crippen molar-refractivity contribution < 1.29 is 18.8 Å². The lowest BCUT2D eigenvalue weighted by atomic mass is 10.2. The van der Waals surface area contributed by atoms with E-state index < -0.39 is 0 Å². The summed E-state index contributed by atoms with van der Waals surface area (Å²) in [6.45, 7) is 5.02. The normalized spacial score (nSPS) is 18.2. The summed E-state index contributed by atoms with van der Waals surface area (Å²) < 4.78 is 15.9. The fourth-order valence-electron chi connectivity index (χ4n) is 2.28. The average molecular weight is 321 g/mol. The smallest absolute Gasteiger partial charge is 0.260 e. The van der Waals surface area contributed by atoms with Crippen LogP contribution in [0.4, 0.5) is 0 Å². The van der Waals surface area contributed by atoms with Crippen LogP contribution in [0.25, 0.3) is 0 Å². The molecule has 1 saturated heterocycles. The van der Waals surface area contributed by atoms with E-state index >= 15 is 0 Å². The van der Waals surface area contributed by atoms with Gasteiger partial charge in [-0.05, 0) is 12.1 Å². The third kappa shape index (κ3) is 3.67. The zero-order valence-corrected chi connectivity index (χ0v) is 13.1. The molecule has 1 aliphatic rings. The number of hydrogen-bond acceptors (Lipinski definition) is 7. The number of morpholine rings is 1. The van der Waals surface area contributed by atoms with Crippen molar-refractivity contribution in [2.45, 2.75) is 26.4 Å². The minimum Gasteiger partial charge on any atom is -0.465 e. The number of carbonyl (C=O) groups is 1. The summed E-state index contributed by atoms with van der Waals surface area (Å²) in [4.78, 5) is 18.3. The first-order chi connectivity index (χ1) is 11.2. The number of aromatic amines is 1. The van der Waals surface area contributed by atoms with Gasteiger partial charge in [-0.2, -0.15) is 5.10 Å². The van der Waals surface area contributed by atoms with Crippen molar-refractivity contribution in [3.63, 3.8) is 0 Å².